The third-order valence-electron chi connectivity index (χ3n) is 3.41. The molecule has 1 unspecified atom stereocenters. The Kier molecular flexibility index (Phi) is 5.28. The fourth-order valence-corrected chi connectivity index (χ4v) is 4.35. The summed E-state index contributed by atoms with van der Waals surface area (Å²) in [5, 5.41) is 8.86. The van der Waals surface area contributed by atoms with Crippen molar-refractivity contribution in [1.29, 1.82) is 0 Å². The van der Waals surface area contributed by atoms with Gasteiger partial charge in [0.15, 0.2) is 0 Å². The molecule has 1 aliphatic rings. The van der Waals surface area contributed by atoms with Gasteiger partial charge in [0.2, 0.25) is 10.0 Å². The van der Waals surface area contributed by atoms with E-state index < -0.39 is 10.0 Å². The van der Waals surface area contributed by atoms with Gasteiger partial charge in [-0.2, -0.15) is 4.31 Å². The van der Waals surface area contributed by atoms with Gasteiger partial charge in [0.25, 0.3) is 0 Å². The molecule has 1 fully saturated rings. The Morgan fingerprint density at radius 3 is 2.81 bits per heavy atom. The van der Waals surface area contributed by atoms with Gasteiger partial charge < -0.3 is 5.11 Å². The molecule has 21 heavy (non-hydrogen) atoms. The predicted molar refractivity (Wildman–Crippen MR) is 82.6 cm³/mol. The fourth-order valence-electron chi connectivity index (χ4n) is 2.26. The van der Waals surface area contributed by atoms with Crippen molar-refractivity contribution in [3.05, 3.63) is 28.8 Å². The van der Waals surface area contributed by atoms with Crippen molar-refractivity contribution in [2.45, 2.75) is 24.7 Å². The summed E-state index contributed by atoms with van der Waals surface area (Å²) >= 11 is 6.12. The van der Waals surface area contributed by atoms with E-state index in [9.17, 15) is 8.42 Å². The molecule has 2 rings (SSSR count). The van der Waals surface area contributed by atoms with Gasteiger partial charge in [-0.05, 0) is 30.5 Å². The van der Waals surface area contributed by atoms with Crippen molar-refractivity contribution in [2.75, 3.05) is 19.7 Å². The SMILES string of the molecule is CC1CCN(S(=O)(=O)c2ccc(C#CCCO)cc2Cl)C1. The van der Waals surface area contributed by atoms with E-state index in [1.165, 1.54) is 10.4 Å². The monoisotopic (exact) mass is 327 g/mol. The standard InChI is InChI=1S/C15H18ClNO3S/c1-12-7-8-17(11-12)21(19,20)15-6-5-13(10-14(15)16)4-2-3-9-18/h5-6,10,12,18H,3,7-9,11H2,1H3. The summed E-state index contributed by atoms with van der Waals surface area (Å²) in [7, 11) is -3.53. The number of halogens is 1. The smallest absolute Gasteiger partial charge is 0.244 e. The number of hydrogen-bond acceptors (Lipinski definition) is 3. The summed E-state index contributed by atoms with van der Waals surface area (Å²) in [6.45, 7) is 3.12. The van der Waals surface area contributed by atoms with E-state index in [0.29, 0.717) is 31.0 Å². The number of hydrogen-bond donors (Lipinski definition) is 1. The normalized spacial score (nSPS) is 19.3. The maximum atomic E-state index is 12.5. The number of benzene rings is 1. The van der Waals surface area contributed by atoms with Crippen molar-refractivity contribution in [1.82, 2.24) is 4.31 Å². The zero-order valence-corrected chi connectivity index (χ0v) is 13.4. The second-order valence-electron chi connectivity index (χ2n) is 5.18. The maximum Gasteiger partial charge on any atom is 0.244 e. The lowest BCUT2D eigenvalue weighted by atomic mass is 10.2. The van der Waals surface area contributed by atoms with E-state index in [-0.39, 0.29) is 16.5 Å². The van der Waals surface area contributed by atoms with Crippen molar-refractivity contribution < 1.29 is 13.5 Å². The molecule has 0 saturated carbocycles. The lowest BCUT2D eigenvalue weighted by Crippen LogP contribution is -2.28. The molecule has 114 valence electrons. The van der Waals surface area contributed by atoms with Crippen LogP contribution in [0.4, 0.5) is 0 Å². The maximum absolute atomic E-state index is 12.5. The first kappa shape index (κ1) is 16.3. The summed E-state index contributed by atoms with van der Waals surface area (Å²) in [6, 6.07) is 4.70. The number of nitrogens with zero attached hydrogens (tertiary/aromatic N) is 1. The highest BCUT2D eigenvalue weighted by atomic mass is 35.5. The summed E-state index contributed by atoms with van der Waals surface area (Å²) in [6.07, 6.45) is 1.25. The molecule has 0 amide bonds. The zero-order valence-electron chi connectivity index (χ0n) is 11.8. The second-order valence-corrected chi connectivity index (χ2v) is 7.49. The van der Waals surface area contributed by atoms with Crippen molar-refractivity contribution in [3.8, 4) is 11.8 Å². The molecular formula is C15H18ClNO3S. The van der Waals surface area contributed by atoms with Crippen LogP contribution >= 0.6 is 11.6 Å². The lowest BCUT2D eigenvalue weighted by molar-refractivity contribution is 0.305. The van der Waals surface area contributed by atoms with Crippen molar-refractivity contribution in [2.24, 2.45) is 5.92 Å². The van der Waals surface area contributed by atoms with E-state index >= 15 is 0 Å². The zero-order chi connectivity index (χ0) is 15.5. The Hall–Kier alpha value is -1.06. The Bertz CT molecular complexity index is 676. The molecule has 0 bridgehead atoms. The van der Waals surface area contributed by atoms with Crippen molar-refractivity contribution in [3.63, 3.8) is 0 Å². The van der Waals surface area contributed by atoms with E-state index in [0.717, 1.165) is 6.42 Å². The highest BCUT2D eigenvalue weighted by Crippen LogP contribution is 2.29. The average molecular weight is 328 g/mol. The van der Waals surface area contributed by atoms with Gasteiger partial charge in [-0.3, -0.25) is 0 Å². The summed E-state index contributed by atoms with van der Waals surface area (Å²) < 4.78 is 26.6. The molecule has 0 aromatic heterocycles. The van der Waals surface area contributed by atoms with Crippen LogP contribution in [0.3, 0.4) is 0 Å². The number of aliphatic hydroxyl groups is 1. The number of rotatable bonds is 3. The summed E-state index contributed by atoms with van der Waals surface area (Å²) in [4.78, 5) is 0.131. The van der Waals surface area contributed by atoms with Gasteiger partial charge in [-0.25, -0.2) is 8.42 Å². The Balaban J connectivity index is 2.27. The predicted octanol–water partition coefficient (Wildman–Crippen LogP) is 2.10. The molecule has 4 nitrogen and oxygen atoms in total. The first-order valence-electron chi connectivity index (χ1n) is 6.84. The molecule has 1 heterocycles. The van der Waals surface area contributed by atoms with Gasteiger partial charge in [0.05, 0.1) is 11.6 Å². The first-order chi connectivity index (χ1) is 9.95. The minimum absolute atomic E-state index is 0.000337. The van der Waals surface area contributed by atoms with Crippen LogP contribution in [-0.4, -0.2) is 37.5 Å². The minimum atomic E-state index is -3.53. The molecule has 0 radical (unpaired) electrons. The Morgan fingerprint density at radius 1 is 1.48 bits per heavy atom. The molecule has 6 heteroatoms. The van der Waals surface area contributed by atoms with Gasteiger partial charge in [-0.15, -0.1) is 0 Å². The summed E-state index contributed by atoms with van der Waals surface area (Å²) in [5.41, 5.74) is 0.641. The van der Waals surface area contributed by atoms with E-state index in [1.54, 1.807) is 12.1 Å². The highest BCUT2D eigenvalue weighted by molar-refractivity contribution is 7.89. The van der Waals surface area contributed by atoms with E-state index in [2.05, 4.69) is 11.8 Å². The third kappa shape index (κ3) is 3.78. The fraction of sp³-hybridized carbons (Fsp3) is 0.467. The van der Waals surface area contributed by atoms with E-state index in [4.69, 9.17) is 16.7 Å². The van der Waals surface area contributed by atoms with Gasteiger partial charge in [0.1, 0.15) is 4.90 Å². The number of sulfonamides is 1. The Morgan fingerprint density at radius 2 is 2.24 bits per heavy atom. The van der Waals surface area contributed by atoms with Crippen LogP contribution in [0.5, 0.6) is 0 Å². The molecule has 1 N–H and O–H groups in total. The molecule has 1 aliphatic heterocycles. The molecule has 1 saturated heterocycles. The van der Waals surface area contributed by atoms with Crippen molar-refractivity contribution >= 4 is 21.6 Å². The summed E-state index contributed by atoms with van der Waals surface area (Å²) in [5.74, 6) is 5.99. The lowest BCUT2D eigenvalue weighted by Gasteiger charge is -2.17. The molecule has 1 atom stereocenters. The average Bonchev–Trinajstić information content (AvgIpc) is 2.86. The first-order valence-corrected chi connectivity index (χ1v) is 8.66. The largest absolute Gasteiger partial charge is 0.395 e. The highest BCUT2D eigenvalue weighted by Gasteiger charge is 2.31. The molecule has 0 aliphatic carbocycles. The van der Waals surface area contributed by atoms with Crippen LogP contribution in [0, 0.1) is 17.8 Å². The van der Waals surface area contributed by atoms with Gasteiger partial charge in [-0.1, -0.05) is 30.4 Å². The topological polar surface area (TPSA) is 57.6 Å². The quantitative estimate of drug-likeness (QED) is 0.865. The van der Waals surface area contributed by atoms with Gasteiger partial charge >= 0.3 is 0 Å². The molecule has 1 aromatic rings. The van der Waals surface area contributed by atoms with Crippen LogP contribution in [-0.2, 0) is 10.0 Å². The minimum Gasteiger partial charge on any atom is -0.395 e. The van der Waals surface area contributed by atoms with Crippen LogP contribution < -0.4 is 0 Å². The van der Waals surface area contributed by atoms with E-state index in [1.807, 2.05) is 6.92 Å². The van der Waals surface area contributed by atoms with Crippen LogP contribution in [0.25, 0.3) is 0 Å². The van der Waals surface area contributed by atoms with Crippen LogP contribution in [0.15, 0.2) is 23.1 Å². The van der Waals surface area contributed by atoms with Crippen LogP contribution in [0.2, 0.25) is 5.02 Å². The third-order valence-corrected chi connectivity index (χ3v) is 5.75. The Labute approximate surface area is 130 Å². The second kappa shape index (κ2) is 6.80. The van der Waals surface area contributed by atoms with Crippen LogP contribution in [0.1, 0.15) is 25.3 Å². The molecule has 0 spiro atoms. The number of aliphatic hydroxyl groups excluding tert-OH is 1. The molecule has 1 aromatic carbocycles. The molecular weight excluding hydrogens is 310 g/mol. The van der Waals surface area contributed by atoms with Gasteiger partial charge in [0, 0.05) is 25.1 Å².